The molecule has 1 fully saturated rings. The molecule has 1 saturated heterocycles. The second-order valence-corrected chi connectivity index (χ2v) is 5.60. The lowest BCUT2D eigenvalue weighted by Crippen LogP contribution is -2.32. The van der Waals surface area contributed by atoms with Gasteiger partial charge in [-0.2, -0.15) is 0 Å². The number of nitrogens with two attached hydrogens (primary N) is 1. The van der Waals surface area contributed by atoms with Crippen molar-refractivity contribution in [1.29, 1.82) is 0 Å². The number of hydrogen-bond donors (Lipinski definition) is 2. The van der Waals surface area contributed by atoms with E-state index in [9.17, 15) is 0 Å². The maximum atomic E-state index is 5.62. The van der Waals surface area contributed by atoms with Gasteiger partial charge in [0.15, 0.2) is 0 Å². The fraction of sp³-hybridized carbons (Fsp3) is 0.714. The predicted molar refractivity (Wildman–Crippen MR) is 81.4 cm³/mol. The summed E-state index contributed by atoms with van der Waals surface area (Å²) in [5.41, 5.74) is 4.84. The number of aromatic nitrogens is 2. The molecule has 2 heterocycles. The molecule has 1 aromatic rings. The summed E-state index contributed by atoms with van der Waals surface area (Å²) in [5, 5.41) is 0. The maximum absolute atomic E-state index is 5.62. The fourth-order valence-corrected chi connectivity index (χ4v) is 2.86. The highest BCUT2D eigenvalue weighted by atomic mass is 15.3. The molecule has 1 aliphatic heterocycles. The summed E-state index contributed by atoms with van der Waals surface area (Å²) in [5.74, 6) is 7.25. The van der Waals surface area contributed by atoms with E-state index in [1.807, 2.05) is 6.92 Å². The third-order valence-corrected chi connectivity index (χ3v) is 4.09. The van der Waals surface area contributed by atoms with Gasteiger partial charge in [-0.15, -0.1) is 0 Å². The third kappa shape index (κ3) is 3.08. The highest BCUT2D eigenvalue weighted by molar-refractivity contribution is 5.45. The van der Waals surface area contributed by atoms with Gasteiger partial charge in [0.25, 0.3) is 0 Å². The van der Waals surface area contributed by atoms with Crippen LogP contribution in [0.15, 0.2) is 0 Å². The van der Waals surface area contributed by atoms with E-state index in [0.717, 1.165) is 49.0 Å². The van der Waals surface area contributed by atoms with Crippen LogP contribution in [0.4, 0.5) is 5.82 Å². The summed E-state index contributed by atoms with van der Waals surface area (Å²) in [7, 11) is 4.30. The van der Waals surface area contributed by atoms with Crippen LogP contribution in [0.1, 0.15) is 36.5 Å². The minimum Gasteiger partial charge on any atom is -0.308 e. The molecule has 112 valence electrons. The number of aryl methyl sites for hydroxylation is 1. The largest absolute Gasteiger partial charge is 0.308 e. The first-order valence-corrected chi connectivity index (χ1v) is 7.29. The maximum Gasteiger partial charge on any atom is 0.149 e. The van der Waals surface area contributed by atoms with Crippen LogP contribution in [-0.4, -0.2) is 53.5 Å². The van der Waals surface area contributed by atoms with Gasteiger partial charge in [-0.05, 0) is 47.0 Å². The summed E-state index contributed by atoms with van der Waals surface area (Å²) >= 11 is 0. The van der Waals surface area contributed by atoms with Crippen molar-refractivity contribution in [3.05, 3.63) is 17.1 Å². The molecule has 0 aromatic carbocycles. The van der Waals surface area contributed by atoms with E-state index in [0.29, 0.717) is 0 Å². The van der Waals surface area contributed by atoms with E-state index in [4.69, 9.17) is 10.8 Å². The second kappa shape index (κ2) is 6.47. The van der Waals surface area contributed by atoms with Gasteiger partial charge in [0, 0.05) is 17.8 Å². The average Bonchev–Trinajstić information content (AvgIpc) is 2.59. The molecule has 2 rings (SSSR count). The van der Waals surface area contributed by atoms with Gasteiger partial charge < -0.3 is 10.3 Å². The lowest BCUT2D eigenvalue weighted by molar-refractivity contribution is 0.219. The number of nitrogens with zero attached hydrogens (tertiary/aromatic N) is 4. The van der Waals surface area contributed by atoms with Crippen molar-refractivity contribution in [3.63, 3.8) is 0 Å². The van der Waals surface area contributed by atoms with Crippen LogP contribution in [0.3, 0.4) is 0 Å². The Morgan fingerprint density at radius 3 is 2.70 bits per heavy atom. The van der Waals surface area contributed by atoms with E-state index in [2.05, 4.69) is 41.2 Å². The quantitative estimate of drug-likeness (QED) is 0.633. The Morgan fingerprint density at radius 1 is 1.30 bits per heavy atom. The minimum atomic E-state index is 0.221. The number of anilines is 1. The smallest absolute Gasteiger partial charge is 0.149 e. The first kappa shape index (κ1) is 15.2. The van der Waals surface area contributed by atoms with Crippen molar-refractivity contribution < 1.29 is 0 Å². The van der Waals surface area contributed by atoms with Gasteiger partial charge in [-0.25, -0.2) is 15.8 Å². The summed E-state index contributed by atoms with van der Waals surface area (Å²) in [4.78, 5) is 14.1. The van der Waals surface area contributed by atoms with Crippen LogP contribution in [-0.2, 0) is 6.42 Å². The summed E-state index contributed by atoms with van der Waals surface area (Å²) < 4.78 is 0. The summed E-state index contributed by atoms with van der Waals surface area (Å²) in [6, 6.07) is 0.221. The first-order valence-electron chi connectivity index (χ1n) is 7.29. The van der Waals surface area contributed by atoms with Crippen molar-refractivity contribution in [2.45, 2.75) is 32.7 Å². The van der Waals surface area contributed by atoms with Crippen LogP contribution in [0.5, 0.6) is 0 Å². The Morgan fingerprint density at radius 2 is 2.05 bits per heavy atom. The molecule has 6 nitrogen and oxygen atoms in total. The Balaban J connectivity index is 2.37. The predicted octanol–water partition coefficient (Wildman–Crippen LogP) is 0.941. The SMILES string of the molecule is CCc1c(C)nc(C2CN(C)CCCN2C)nc1NN. The number of likely N-dealkylation sites (N-methyl/N-ethyl adjacent to an activating group) is 2. The van der Waals surface area contributed by atoms with Crippen LogP contribution >= 0.6 is 0 Å². The van der Waals surface area contributed by atoms with Crippen molar-refractivity contribution in [3.8, 4) is 0 Å². The topological polar surface area (TPSA) is 70.3 Å². The Labute approximate surface area is 121 Å². The van der Waals surface area contributed by atoms with Crippen molar-refractivity contribution >= 4 is 5.82 Å². The molecule has 1 aromatic heterocycles. The number of nitrogen functional groups attached to an aromatic ring is 1. The molecule has 0 bridgehead atoms. The monoisotopic (exact) mass is 278 g/mol. The van der Waals surface area contributed by atoms with E-state index in [1.165, 1.54) is 6.42 Å². The highest BCUT2D eigenvalue weighted by Gasteiger charge is 2.25. The molecule has 1 aliphatic rings. The van der Waals surface area contributed by atoms with E-state index in [1.54, 1.807) is 0 Å². The molecular weight excluding hydrogens is 252 g/mol. The lowest BCUT2D eigenvalue weighted by Gasteiger charge is -2.27. The van der Waals surface area contributed by atoms with Crippen molar-refractivity contribution in [1.82, 2.24) is 19.8 Å². The molecule has 3 N–H and O–H groups in total. The zero-order valence-electron chi connectivity index (χ0n) is 13.0. The zero-order chi connectivity index (χ0) is 14.7. The molecule has 0 aliphatic carbocycles. The summed E-state index contributed by atoms with van der Waals surface area (Å²) in [6.07, 6.45) is 2.06. The molecule has 0 radical (unpaired) electrons. The van der Waals surface area contributed by atoms with E-state index < -0.39 is 0 Å². The average molecular weight is 278 g/mol. The van der Waals surface area contributed by atoms with Crippen LogP contribution in [0.25, 0.3) is 0 Å². The molecule has 0 spiro atoms. The van der Waals surface area contributed by atoms with Crippen molar-refractivity contribution in [2.75, 3.05) is 39.2 Å². The number of nitrogens with one attached hydrogen (secondary N) is 1. The van der Waals surface area contributed by atoms with E-state index in [-0.39, 0.29) is 6.04 Å². The van der Waals surface area contributed by atoms with Gasteiger partial charge in [0.1, 0.15) is 11.6 Å². The molecule has 20 heavy (non-hydrogen) atoms. The Hall–Kier alpha value is -1.24. The number of hydrogen-bond acceptors (Lipinski definition) is 6. The van der Waals surface area contributed by atoms with E-state index >= 15 is 0 Å². The second-order valence-electron chi connectivity index (χ2n) is 5.60. The molecule has 0 saturated carbocycles. The Kier molecular flexibility index (Phi) is 4.91. The molecular formula is C14H26N6. The van der Waals surface area contributed by atoms with Gasteiger partial charge in [0.2, 0.25) is 0 Å². The minimum absolute atomic E-state index is 0.221. The lowest BCUT2D eigenvalue weighted by atomic mass is 10.1. The standard InChI is InChI=1S/C14H26N6/c1-5-11-10(2)16-14(17-13(11)18-15)12-9-19(3)7-6-8-20(12)4/h12H,5-9,15H2,1-4H3,(H,16,17,18). The molecule has 1 atom stereocenters. The number of rotatable bonds is 3. The Bertz CT molecular complexity index is 461. The number of hydrazine groups is 1. The van der Waals surface area contributed by atoms with Gasteiger partial charge in [-0.3, -0.25) is 4.90 Å². The summed E-state index contributed by atoms with van der Waals surface area (Å²) in [6.45, 7) is 7.27. The first-order chi connectivity index (χ1) is 9.56. The van der Waals surface area contributed by atoms with Gasteiger partial charge in [0.05, 0.1) is 6.04 Å². The fourth-order valence-electron chi connectivity index (χ4n) is 2.86. The van der Waals surface area contributed by atoms with Gasteiger partial charge >= 0.3 is 0 Å². The van der Waals surface area contributed by atoms with Crippen molar-refractivity contribution in [2.24, 2.45) is 5.84 Å². The zero-order valence-corrected chi connectivity index (χ0v) is 13.0. The van der Waals surface area contributed by atoms with Gasteiger partial charge in [-0.1, -0.05) is 6.92 Å². The molecule has 6 heteroatoms. The normalized spacial score (nSPS) is 21.8. The third-order valence-electron chi connectivity index (χ3n) is 4.09. The molecule has 0 amide bonds. The van der Waals surface area contributed by atoms with Crippen LogP contribution < -0.4 is 11.3 Å². The molecule has 1 unspecified atom stereocenters. The highest BCUT2D eigenvalue weighted by Crippen LogP contribution is 2.24. The van der Waals surface area contributed by atoms with Crippen LogP contribution in [0.2, 0.25) is 0 Å². The van der Waals surface area contributed by atoms with Crippen LogP contribution in [0, 0.1) is 6.92 Å².